The summed E-state index contributed by atoms with van der Waals surface area (Å²) in [5.74, 6) is -0.287. The Kier molecular flexibility index (Phi) is 6.31. The summed E-state index contributed by atoms with van der Waals surface area (Å²) in [5, 5.41) is 10.7. The Bertz CT molecular complexity index is 1280. The van der Waals surface area contributed by atoms with Crippen molar-refractivity contribution in [2.45, 2.75) is 26.4 Å². The van der Waals surface area contributed by atoms with Crippen molar-refractivity contribution in [2.75, 3.05) is 0 Å². The first-order valence-corrected chi connectivity index (χ1v) is 11.6. The fraction of sp³-hybridized carbons (Fsp3) is 0.182. The van der Waals surface area contributed by atoms with Crippen LogP contribution in [0, 0.1) is 6.92 Å². The maximum atomic E-state index is 12.8. The topological polar surface area (TPSA) is 76.9 Å². The van der Waals surface area contributed by atoms with E-state index in [0.717, 1.165) is 26.0 Å². The van der Waals surface area contributed by atoms with Crippen molar-refractivity contribution in [1.29, 1.82) is 0 Å². The van der Waals surface area contributed by atoms with Gasteiger partial charge in [-0.3, -0.25) is 9.59 Å². The van der Waals surface area contributed by atoms with Gasteiger partial charge in [0.05, 0.1) is 22.1 Å². The highest BCUT2D eigenvalue weighted by Crippen LogP contribution is 2.32. The molecule has 1 N–H and O–H groups in total. The molecule has 158 valence electrons. The Balaban J connectivity index is 1.49. The van der Waals surface area contributed by atoms with Crippen molar-refractivity contribution in [3.8, 4) is 21.1 Å². The van der Waals surface area contributed by atoms with Crippen molar-refractivity contribution < 1.29 is 4.79 Å². The Morgan fingerprint density at radius 3 is 2.74 bits per heavy atom. The summed E-state index contributed by atoms with van der Waals surface area (Å²) in [7, 11) is 0. The number of carbonyl (C=O) groups is 1. The van der Waals surface area contributed by atoms with E-state index in [1.54, 1.807) is 13.0 Å². The van der Waals surface area contributed by atoms with Crippen molar-refractivity contribution in [3.05, 3.63) is 79.9 Å². The highest BCUT2D eigenvalue weighted by molar-refractivity contribution is 7.15. The largest absolute Gasteiger partial charge is 0.349 e. The van der Waals surface area contributed by atoms with Crippen LogP contribution in [0.2, 0.25) is 5.02 Å². The normalized spacial score (nSPS) is 12.0. The number of halogens is 1. The molecule has 4 rings (SSSR count). The molecule has 0 saturated carbocycles. The smallest absolute Gasteiger partial charge is 0.267 e. The van der Waals surface area contributed by atoms with Crippen LogP contribution < -0.4 is 10.9 Å². The summed E-state index contributed by atoms with van der Waals surface area (Å²) in [4.78, 5) is 31.5. The van der Waals surface area contributed by atoms with Crippen LogP contribution in [-0.2, 0) is 11.3 Å². The maximum Gasteiger partial charge on any atom is 0.267 e. The molecular formula is C22H19ClN4O2S2. The van der Waals surface area contributed by atoms with E-state index in [1.807, 2.05) is 48.7 Å². The van der Waals surface area contributed by atoms with E-state index in [4.69, 9.17) is 11.6 Å². The maximum absolute atomic E-state index is 12.8. The molecule has 0 aliphatic heterocycles. The number of hydrogen-bond acceptors (Lipinski definition) is 6. The molecule has 0 aliphatic rings. The number of hydrogen-bond donors (Lipinski definition) is 1. The molecule has 1 aromatic carbocycles. The van der Waals surface area contributed by atoms with Crippen LogP contribution in [0.5, 0.6) is 0 Å². The van der Waals surface area contributed by atoms with Crippen molar-refractivity contribution >= 4 is 40.2 Å². The van der Waals surface area contributed by atoms with Gasteiger partial charge in [-0.05, 0) is 37.4 Å². The molecule has 1 unspecified atom stereocenters. The Morgan fingerprint density at radius 2 is 2.00 bits per heavy atom. The second-order valence-electron chi connectivity index (χ2n) is 6.88. The minimum Gasteiger partial charge on any atom is -0.349 e. The Morgan fingerprint density at radius 1 is 1.19 bits per heavy atom. The highest BCUT2D eigenvalue weighted by atomic mass is 35.5. The monoisotopic (exact) mass is 470 g/mol. The zero-order valence-electron chi connectivity index (χ0n) is 16.8. The van der Waals surface area contributed by atoms with Crippen molar-refractivity contribution in [2.24, 2.45) is 0 Å². The van der Waals surface area contributed by atoms with Gasteiger partial charge in [0.15, 0.2) is 0 Å². The predicted octanol–water partition coefficient (Wildman–Crippen LogP) is 4.93. The average Bonchev–Trinajstić information content (AvgIpc) is 3.42. The molecule has 4 aromatic rings. The summed E-state index contributed by atoms with van der Waals surface area (Å²) in [6, 6.07) is 13.7. The summed E-state index contributed by atoms with van der Waals surface area (Å²) < 4.78 is 1.22. The lowest BCUT2D eigenvalue weighted by Gasteiger charge is -2.14. The van der Waals surface area contributed by atoms with Gasteiger partial charge in [-0.1, -0.05) is 35.9 Å². The molecule has 0 spiro atoms. The molecule has 3 aromatic heterocycles. The molecule has 0 aliphatic carbocycles. The lowest BCUT2D eigenvalue weighted by molar-refractivity contribution is -0.124. The number of aryl methyl sites for hydroxylation is 1. The average molecular weight is 471 g/mol. The van der Waals surface area contributed by atoms with Crippen molar-refractivity contribution in [1.82, 2.24) is 20.1 Å². The minimum atomic E-state index is -0.747. The minimum absolute atomic E-state index is 0.287. The lowest BCUT2D eigenvalue weighted by Crippen LogP contribution is -2.36. The molecule has 1 atom stereocenters. The van der Waals surface area contributed by atoms with Gasteiger partial charge in [0.1, 0.15) is 16.7 Å². The number of rotatable bonds is 6. The molecule has 0 radical (unpaired) electrons. The summed E-state index contributed by atoms with van der Waals surface area (Å²) in [5.41, 5.74) is 2.04. The molecule has 6 nitrogen and oxygen atoms in total. The lowest BCUT2D eigenvalue weighted by atomic mass is 10.2. The molecular weight excluding hydrogens is 452 g/mol. The van der Waals surface area contributed by atoms with Crippen LogP contribution in [0.3, 0.4) is 0 Å². The first-order valence-electron chi connectivity index (χ1n) is 9.56. The number of carbonyl (C=O) groups excluding carboxylic acids is 1. The van der Waals surface area contributed by atoms with E-state index in [1.165, 1.54) is 33.4 Å². The van der Waals surface area contributed by atoms with Crippen LogP contribution in [0.15, 0.2) is 58.7 Å². The van der Waals surface area contributed by atoms with Crippen LogP contribution in [0.1, 0.15) is 23.5 Å². The number of amides is 1. The molecule has 3 heterocycles. The SMILES string of the molecule is Cc1nc(-c2ccccc2Cl)sc1CNC(=O)C(C)n1nc(-c2cccs2)ccc1=O. The number of thiazole rings is 1. The molecule has 9 heteroatoms. The first-order chi connectivity index (χ1) is 14.9. The highest BCUT2D eigenvalue weighted by Gasteiger charge is 2.19. The molecule has 0 bridgehead atoms. The third-order valence-corrected chi connectivity index (χ3v) is 7.18. The van der Waals surface area contributed by atoms with E-state index >= 15 is 0 Å². The standard InChI is InChI=1S/C22H19ClN4O2S2/c1-13-19(31-22(25-13)15-6-3-4-7-16(15)23)12-24-21(29)14(2)27-20(28)10-9-17(26-27)18-8-5-11-30-18/h3-11,14H,12H2,1-2H3,(H,24,29). The third kappa shape index (κ3) is 4.61. The van der Waals surface area contributed by atoms with E-state index in [0.29, 0.717) is 17.3 Å². The van der Waals surface area contributed by atoms with Crippen LogP contribution in [0.4, 0.5) is 0 Å². The van der Waals surface area contributed by atoms with Crippen LogP contribution in [-0.4, -0.2) is 20.7 Å². The van der Waals surface area contributed by atoms with Gasteiger partial charge >= 0.3 is 0 Å². The summed E-state index contributed by atoms with van der Waals surface area (Å²) >= 11 is 9.30. The van der Waals surface area contributed by atoms with Gasteiger partial charge in [-0.15, -0.1) is 22.7 Å². The molecule has 1 amide bonds. The van der Waals surface area contributed by atoms with E-state index in [2.05, 4.69) is 15.4 Å². The molecule has 31 heavy (non-hydrogen) atoms. The quantitative estimate of drug-likeness (QED) is 0.433. The summed E-state index contributed by atoms with van der Waals surface area (Å²) in [6.07, 6.45) is 0. The zero-order valence-corrected chi connectivity index (χ0v) is 19.2. The van der Waals surface area contributed by atoms with Crippen molar-refractivity contribution in [3.63, 3.8) is 0 Å². The van der Waals surface area contributed by atoms with Gasteiger partial charge < -0.3 is 5.32 Å². The zero-order chi connectivity index (χ0) is 22.0. The van der Waals surface area contributed by atoms with E-state index in [9.17, 15) is 9.59 Å². The van der Waals surface area contributed by atoms with Crippen LogP contribution >= 0.6 is 34.3 Å². The van der Waals surface area contributed by atoms with Gasteiger partial charge in [0, 0.05) is 16.5 Å². The van der Waals surface area contributed by atoms with Crippen LogP contribution in [0.25, 0.3) is 21.1 Å². The van der Waals surface area contributed by atoms with E-state index < -0.39 is 6.04 Å². The molecule has 0 fully saturated rings. The van der Waals surface area contributed by atoms with Gasteiger partial charge in [0.25, 0.3) is 5.56 Å². The predicted molar refractivity (Wildman–Crippen MR) is 126 cm³/mol. The fourth-order valence-electron chi connectivity index (χ4n) is 3.03. The molecule has 0 saturated heterocycles. The number of aromatic nitrogens is 3. The second kappa shape index (κ2) is 9.13. The number of nitrogens with one attached hydrogen (secondary N) is 1. The Hall–Kier alpha value is -2.81. The number of thiophene rings is 1. The Labute approximate surface area is 192 Å². The van der Waals surface area contributed by atoms with Gasteiger partial charge in [0.2, 0.25) is 5.91 Å². The number of nitrogens with zero attached hydrogens (tertiary/aromatic N) is 3. The van der Waals surface area contributed by atoms with Gasteiger partial charge in [-0.2, -0.15) is 5.10 Å². The third-order valence-electron chi connectivity index (χ3n) is 4.77. The second-order valence-corrected chi connectivity index (χ2v) is 9.32. The summed E-state index contributed by atoms with van der Waals surface area (Å²) in [6.45, 7) is 3.88. The fourth-order valence-corrected chi connectivity index (χ4v) is 5.04. The van der Waals surface area contributed by atoms with Gasteiger partial charge in [-0.25, -0.2) is 9.67 Å². The number of benzene rings is 1. The van der Waals surface area contributed by atoms with E-state index in [-0.39, 0.29) is 11.5 Å². The first kappa shape index (κ1) is 21.4.